The predicted octanol–water partition coefficient (Wildman–Crippen LogP) is 1.62. The number of hydrogen-bond acceptors (Lipinski definition) is 5. The van der Waals surface area contributed by atoms with Gasteiger partial charge in [0.05, 0.1) is 6.04 Å². The van der Waals surface area contributed by atoms with E-state index in [1.807, 2.05) is 0 Å². The Morgan fingerprint density at radius 2 is 2.14 bits per heavy atom. The number of hydrogen-bond donors (Lipinski definition) is 1. The molecule has 0 aliphatic carbocycles. The molecule has 1 atom stereocenters. The zero-order valence-electron chi connectivity index (χ0n) is 14.9. The summed E-state index contributed by atoms with van der Waals surface area (Å²) in [6.07, 6.45) is -1.91. The van der Waals surface area contributed by atoms with E-state index in [1.165, 1.54) is 17.2 Å². The van der Waals surface area contributed by atoms with Crippen molar-refractivity contribution in [3.05, 3.63) is 41.5 Å². The largest absolute Gasteiger partial charge is 0.489 e. The maximum Gasteiger partial charge on any atom is 0.433 e. The molecule has 0 aromatic carbocycles. The molecule has 0 spiro atoms. The number of pyridine rings is 1. The first-order valence-corrected chi connectivity index (χ1v) is 8.48. The summed E-state index contributed by atoms with van der Waals surface area (Å²) in [4.78, 5) is 29.4. The highest BCUT2D eigenvalue weighted by Crippen LogP contribution is 2.30. The van der Waals surface area contributed by atoms with Crippen LogP contribution in [0.4, 0.5) is 13.2 Å². The molecule has 0 bridgehead atoms. The molecule has 2 N–H and O–H groups in total. The van der Waals surface area contributed by atoms with Crippen LogP contribution in [0.25, 0.3) is 0 Å². The number of carbonyl (C=O) groups is 2. The van der Waals surface area contributed by atoms with Gasteiger partial charge in [0.2, 0.25) is 0 Å². The maximum absolute atomic E-state index is 12.9. The Labute approximate surface area is 158 Å². The first-order chi connectivity index (χ1) is 13.2. The van der Waals surface area contributed by atoms with Crippen LogP contribution in [0.2, 0.25) is 0 Å². The van der Waals surface area contributed by atoms with Gasteiger partial charge in [0.15, 0.2) is 17.1 Å². The van der Waals surface area contributed by atoms with E-state index in [0.29, 0.717) is 24.1 Å². The van der Waals surface area contributed by atoms with Crippen molar-refractivity contribution in [3.8, 4) is 5.75 Å². The van der Waals surface area contributed by atoms with Crippen molar-refractivity contribution in [2.45, 2.75) is 25.1 Å². The fourth-order valence-electron chi connectivity index (χ4n) is 3.14. The second kappa shape index (κ2) is 7.49. The van der Waals surface area contributed by atoms with Gasteiger partial charge in [-0.05, 0) is 25.0 Å². The van der Waals surface area contributed by atoms with Crippen molar-refractivity contribution < 1.29 is 27.5 Å². The quantitative estimate of drug-likeness (QED) is 0.826. The molecule has 1 aliphatic rings. The van der Waals surface area contributed by atoms with Gasteiger partial charge in [-0.15, -0.1) is 0 Å². The predicted molar refractivity (Wildman–Crippen MR) is 90.5 cm³/mol. The van der Waals surface area contributed by atoms with Crippen LogP contribution in [0.3, 0.4) is 0 Å². The summed E-state index contributed by atoms with van der Waals surface area (Å²) in [5, 5.41) is 3.71. The Kier molecular flexibility index (Phi) is 5.25. The van der Waals surface area contributed by atoms with Crippen LogP contribution in [0, 0.1) is 0 Å². The monoisotopic (exact) mass is 397 g/mol. The SMILES string of the molecule is Cn1nc(C(=O)N2CCCC2COc2cccnc2C(N)=O)cc1C(F)(F)F. The minimum absolute atomic E-state index is 0.0297. The molecular weight excluding hydrogens is 379 g/mol. The molecule has 28 heavy (non-hydrogen) atoms. The summed E-state index contributed by atoms with van der Waals surface area (Å²) in [7, 11) is 1.14. The summed E-state index contributed by atoms with van der Waals surface area (Å²) in [6.45, 7) is 0.428. The lowest BCUT2D eigenvalue weighted by Crippen LogP contribution is -2.39. The van der Waals surface area contributed by atoms with Gasteiger partial charge >= 0.3 is 6.18 Å². The molecule has 1 unspecified atom stereocenters. The number of likely N-dealkylation sites (tertiary alicyclic amines) is 1. The number of amides is 2. The van der Waals surface area contributed by atoms with E-state index in [0.717, 1.165) is 13.1 Å². The standard InChI is InChI=1S/C17H18F3N5O3/c1-24-13(17(18,19)20)8-11(23-24)16(27)25-7-3-4-10(25)9-28-12-5-2-6-22-14(12)15(21)26/h2,5-6,8,10H,3-4,7,9H2,1H3,(H2,21,26). The second-order valence-electron chi connectivity index (χ2n) is 6.36. The van der Waals surface area contributed by atoms with E-state index in [9.17, 15) is 22.8 Å². The lowest BCUT2D eigenvalue weighted by atomic mass is 10.2. The molecule has 150 valence electrons. The fourth-order valence-corrected chi connectivity index (χ4v) is 3.14. The number of aryl methyl sites for hydroxylation is 1. The smallest absolute Gasteiger partial charge is 0.433 e. The van der Waals surface area contributed by atoms with Gasteiger partial charge in [0, 0.05) is 25.9 Å². The molecule has 0 saturated carbocycles. The normalized spacial score (nSPS) is 17.0. The Bertz CT molecular complexity index is 896. The van der Waals surface area contributed by atoms with Crippen LogP contribution >= 0.6 is 0 Å². The van der Waals surface area contributed by atoms with Gasteiger partial charge < -0.3 is 15.4 Å². The third-order valence-electron chi connectivity index (χ3n) is 4.46. The van der Waals surface area contributed by atoms with E-state index >= 15 is 0 Å². The van der Waals surface area contributed by atoms with E-state index < -0.39 is 23.7 Å². The Morgan fingerprint density at radius 1 is 1.39 bits per heavy atom. The number of aromatic nitrogens is 3. The summed E-state index contributed by atoms with van der Waals surface area (Å²) < 4.78 is 45.1. The van der Waals surface area contributed by atoms with Crippen molar-refractivity contribution in [2.24, 2.45) is 12.8 Å². The highest BCUT2D eigenvalue weighted by molar-refractivity contribution is 5.93. The molecule has 8 nitrogen and oxygen atoms in total. The number of carbonyl (C=O) groups excluding carboxylic acids is 2. The maximum atomic E-state index is 12.9. The van der Waals surface area contributed by atoms with Gasteiger partial charge in [-0.2, -0.15) is 18.3 Å². The third-order valence-corrected chi connectivity index (χ3v) is 4.46. The molecule has 0 radical (unpaired) electrons. The van der Waals surface area contributed by atoms with Gasteiger partial charge in [-0.3, -0.25) is 14.3 Å². The van der Waals surface area contributed by atoms with E-state index in [-0.39, 0.29) is 29.8 Å². The topological polar surface area (TPSA) is 103 Å². The molecule has 3 rings (SSSR count). The van der Waals surface area contributed by atoms with E-state index in [2.05, 4.69) is 10.1 Å². The van der Waals surface area contributed by atoms with Crippen LogP contribution in [-0.2, 0) is 13.2 Å². The van der Waals surface area contributed by atoms with Crippen LogP contribution in [0.1, 0.15) is 39.5 Å². The number of nitrogens with zero attached hydrogens (tertiary/aromatic N) is 4. The van der Waals surface area contributed by atoms with Crippen molar-refractivity contribution in [1.82, 2.24) is 19.7 Å². The highest BCUT2D eigenvalue weighted by Gasteiger charge is 2.38. The van der Waals surface area contributed by atoms with Gasteiger partial charge in [0.25, 0.3) is 11.8 Å². The molecule has 1 aliphatic heterocycles. The van der Waals surface area contributed by atoms with Crippen LogP contribution in [-0.4, -0.2) is 50.7 Å². The number of halogens is 3. The van der Waals surface area contributed by atoms with Gasteiger partial charge in [0.1, 0.15) is 12.3 Å². The van der Waals surface area contributed by atoms with Crippen LogP contribution < -0.4 is 10.5 Å². The molecule has 1 fully saturated rings. The average Bonchev–Trinajstić information content (AvgIpc) is 3.25. The Balaban J connectivity index is 1.73. The molecule has 2 aromatic heterocycles. The average molecular weight is 397 g/mol. The zero-order chi connectivity index (χ0) is 20.5. The van der Waals surface area contributed by atoms with Crippen molar-refractivity contribution >= 4 is 11.8 Å². The molecule has 3 heterocycles. The number of primary amides is 1. The first kappa shape index (κ1) is 19.6. The third kappa shape index (κ3) is 3.92. The summed E-state index contributed by atoms with van der Waals surface area (Å²) >= 11 is 0. The number of nitrogens with two attached hydrogens (primary N) is 1. The van der Waals surface area contributed by atoms with Crippen molar-refractivity contribution in [2.75, 3.05) is 13.2 Å². The molecule has 2 aromatic rings. The second-order valence-corrected chi connectivity index (χ2v) is 6.36. The number of alkyl halides is 3. The van der Waals surface area contributed by atoms with Crippen LogP contribution in [0.15, 0.2) is 24.4 Å². The van der Waals surface area contributed by atoms with Crippen molar-refractivity contribution in [1.29, 1.82) is 0 Å². The lowest BCUT2D eigenvalue weighted by Gasteiger charge is -2.24. The summed E-state index contributed by atoms with van der Waals surface area (Å²) in [6, 6.07) is 3.48. The molecule has 2 amide bonds. The van der Waals surface area contributed by atoms with Gasteiger partial charge in [-0.1, -0.05) is 0 Å². The molecule has 11 heteroatoms. The Hall–Kier alpha value is -3.11. The van der Waals surface area contributed by atoms with Gasteiger partial charge in [-0.25, -0.2) is 4.98 Å². The first-order valence-electron chi connectivity index (χ1n) is 8.48. The zero-order valence-corrected chi connectivity index (χ0v) is 14.9. The lowest BCUT2D eigenvalue weighted by molar-refractivity contribution is -0.143. The minimum atomic E-state index is -4.60. The van der Waals surface area contributed by atoms with Crippen LogP contribution in [0.5, 0.6) is 5.75 Å². The highest BCUT2D eigenvalue weighted by atomic mass is 19.4. The molecule has 1 saturated heterocycles. The van der Waals surface area contributed by atoms with E-state index in [1.54, 1.807) is 6.07 Å². The Morgan fingerprint density at radius 3 is 2.79 bits per heavy atom. The minimum Gasteiger partial charge on any atom is -0.489 e. The fraction of sp³-hybridized carbons (Fsp3) is 0.412. The summed E-state index contributed by atoms with van der Waals surface area (Å²) in [5.74, 6) is -1.16. The summed E-state index contributed by atoms with van der Waals surface area (Å²) in [5.41, 5.74) is 3.95. The number of rotatable bonds is 5. The van der Waals surface area contributed by atoms with E-state index in [4.69, 9.17) is 10.5 Å². The van der Waals surface area contributed by atoms with Crippen molar-refractivity contribution in [3.63, 3.8) is 0 Å². The number of ether oxygens (including phenoxy) is 1. The molecular formula is C17H18F3N5O3.